The van der Waals surface area contributed by atoms with Gasteiger partial charge in [-0.3, -0.25) is 4.79 Å². The van der Waals surface area contributed by atoms with Gasteiger partial charge in [0.2, 0.25) is 0 Å². The Morgan fingerprint density at radius 3 is 2.32 bits per heavy atom. The molecule has 0 bridgehead atoms. The van der Waals surface area contributed by atoms with Gasteiger partial charge in [-0.15, -0.1) is 0 Å². The molecular weight excluding hydrogens is 310 g/mol. The Labute approximate surface area is 150 Å². The van der Waals surface area contributed by atoms with Crippen LogP contribution in [0.4, 0.5) is 0 Å². The van der Waals surface area contributed by atoms with E-state index in [0.717, 1.165) is 36.8 Å². The second-order valence-electron chi connectivity index (χ2n) is 7.22. The van der Waals surface area contributed by atoms with E-state index >= 15 is 0 Å². The van der Waals surface area contributed by atoms with Gasteiger partial charge >= 0.3 is 0 Å². The van der Waals surface area contributed by atoms with Crippen molar-refractivity contribution in [3.63, 3.8) is 0 Å². The number of aliphatic hydroxyl groups is 1. The molecule has 1 aliphatic heterocycles. The predicted octanol–water partition coefficient (Wildman–Crippen LogP) is 2.82. The molecule has 0 amide bonds. The first-order valence-electron chi connectivity index (χ1n) is 9.29. The molecule has 1 fully saturated rings. The van der Waals surface area contributed by atoms with Crippen molar-refractivity contribution >= 4 is 5.78 Å². The smallest absolute Gasteiger partial charge is 0.168 e. The van der Waals surface area contributed by atoms with Gasteiger partial charge in [-0.05, 0) is 18.4 Å². The number of rotatable bonds is 6. The third-order valence-corrected chi connectivity index (χ3v) is 5.61. The second kappa shape index (κ2) is 8.41. The number of benzene rings is 2. The van der Waals surface area contributed by atoms with E-state index in [2.05, 4.69) is 7.05 Å². The zero-order chi connectivity index (χ0) is 17.6. The molecule has 1 unspecified atom stereocenters. The van der Waals surface area contributed by atoms with E-state index in [4.69, 9.17) is 0 Å². The highest BCUT2D eigenvalue weighted by Crippen LogP contribution is 2.22. The number of quaternary nitrogens is 1. The van der Waals surface area contributed by atoms with Crippen LogP contribution in [0.15, 0.2) is 60.7 Å². The molecule has 3 rings (SSSR count). The average molecular weight is 338 g/mol. The number of nitrogens with one attached hydrogen (secondary N) is 1. The molecule has 0 saturated carbocycles. The van der Waals surface area contributed by atoms with Crippen LogP contribution >= 0.6 is 0 Å². The van der Waals surface area contributed by atoms with Crippen molar-refractivity contribution in [3.8, 4) is 0 Å². The summed E-state index contributed by atoms with van der Waals surface area (Å²) in [4.78, 5) is 13.9. The summed E-state index contributed by atoms with van der Waals surface area (Å²) in [7, 11) is 2.18. The molecule has 4 atom stereocenters. The Kier molecular flexibility index (Phi) is 6.00. The fourth-order valence-corrected chi connectivity index (χ4v) is 4.01. The minimum atomic E-state index is -0.426. The minimum absolute atomic E-state index is 0.231. The number of hydrogen-bond donors (Lipinski definition) is 2. The van der Waals surface area contributed by atoms with E-state index in [1.165, 1.54) is 4.90 Å². The molecular formula is C22H28NO2+. The van der Waals surface area contributed by atoms with E-state index < -0.39 is 6.10 Å². The number of piperidine rings is 1. The number of ketones is 1. The van der Waals surface area contributed by atoms with Gasteiger partial charge in [0.25, 0.3) is 0 Å². The molecule has 0 spiro atoms. The number of carbonyl (C=O) groups excluding carboxylic acids is 1. The monoisotopic (exact) mass is 338 g/mol. The van der Waals surface area contributed by atoms with E-state index in [-0.39, 0.29) is 5.78 Å². The topological polar surface area (TPSA) is 41.7 Å². The van der Waals surface area contributed by atoms with Gasteiger partial charge in [-0.25, -0.2) is 0 Å². The van der Waals surface area contributed by atoms with Gasteiger partial charge in [0.15, 0.2) is 5.78 Å². The van der Waals surface area contributed by atoms with Crippen molar-refractivity contribution in [2.45, 2.75) is 50.3 Å². The Morgan fingerprint density at radius 1 is 1.04 bits per heavy atom. The van der Waals surface area contributed by atoms with Crippen LogP contribution in [-0.2, 0) is 0 Å². The van der Waals surface area contributed by atoms with Gasteiger partial charge in [-0.1, -0.05) is 60.7 Å². The molecule has 2 N–H and O–H groups in total. The number of aliphatic hydroxyl groups excluding tert-OH is 1. The molecule has 132 valence electrons. The van der Waals surface area contributed by atoms with Crippen LogP contribution in [0.25, 0.3) is 0 Å². The van der Waals surface area contributed by atoms with Crippen molar-refractivity contribution in [2.75, 3.05) is 7.05 Å². The molecule has 1 aliphatic rings. The first-order chi connectivity index (χ1) is 12.1. The summed E-state index contributed by atoms with van der Waals surface area (Å²) in [6, 6.07) is 20.2. The van der Waals surface area contributed by atoms with Gasteiger partial charge in [0.05, 0.1) is 31.7 Å². The van der Waals surface area contributed by atoms with Crippen molar-refractivity contribution < 1.29 is 14.8 Å². The molecule has 0 radical (unpaired) electrons. The van der Waals surface area contributed by atoms with Crippen LogP contribution in [0.1, 0.15) is 54.1 Å². The maximum atomic E-state index is 12.5. The second-order valence-corrected chi connectivity index (χ2v) is 7.22. The maximum Gasteiger partial charge on any atom is 0.168 e. The van der Waals surface area contributed by atoms with E-state index in [0.29, 0.717) is 18.5 Å². The van der Waals surface area contributed by atoms with Crippen LogP contribution in [-0.4, -0.2) is 30.0 Å². The molecule has 25 heavy (non-hydrogen) atoms. The molecule has 3 nitrogen and oxygen atoms in total. The summed E-state index contributed by atoms with van der Waals surface area (Å²) in [6.07, 6.45) is 4.26. The summed E-state index contributed by atoms with van der Waals surface area (Å²) < 4.78 is 0. The van der Waals surface area contributed by atoms with Crippen LogP contribution in [0.3, 0.4) is 0 Å². The third-order valence-electron chi connectivity index (χ3n) is 5.61. The van der Waals surface area contributed by atoms with Gasteiger partial charge in [-0.2, -0.15) is 0 Å². The Morgan fingerprint density at radius 2 is 1.64 bits per heavy atom. The first kappa shape index (κ1) is 17.8. The predicted molar refractivity (Wildman–Crippen MR) is 99.7 cm³/mol. The number of carbonyl (C=O) groups is 1. The normalized spacial score (nSPS) is 24.6. The third kappa shape index (κ3) is 4.56. The Hall–Kier alpha value is -1.97. The highest BCUT2D eigenvalue weighted by molar-refractivity contribution is 5.96. The first-order valence-corrected chi connectivity index (χ1v) is 9.29. The summed E-state index contributed by atoms with van der Waals surface area (Å²) in [5, 5.41) is 10.6. The van der Waals surface area contributed by atoms with E-state index in [1.54, 1.807) is 0 Å². The molecule has 1 heterocycles. The van der Waals surface area contributed by atoms with Gasteiger partial charge in [0.1, 0.15) is 0 Å². The highest BCUT2D eigenvalue weighted by atomic mass is 16.3. The summed E-state index contributed by atoms with van der Waals surface area (Å²) in [5.41, 5.74) is 1.79. The fourth-order valence-electron chi connectivity index (χ4n) is 4.01. The number of Topliss-reactive ketones (excluding diaryl/α,β-unsaturated/α-hetero) is 1. The van der Waals surface area contributed by atoms with Crippen LogP contribution in [0.5, 0.6) is 0 Å². The SMILES string of the molecule is C[NH+]1[C@@H](CC(=O)c2ccccc2)CCC[C@@H]1C[C@H](O)c1ccccc1. The fraction of sp³-hybridized carbons (Fsp3) is 0.409. The molecule has 0 aromatic heterocycles. The standard InChI is InChI=1S/C22H27NO2/c1-23-19(15-21(24)17-9-4-2-5-10-17)13-8-14-20(23)16-22(25)18-11-6-3-7-12-18/h2-7,9-12,19-21,24H,8,13-16H2,1H3/p+1/t19-,20-,21+/m1/s1. The summed E-state index contributed by atoms with van der Waals surface area (Å²) >= 11 is 0. The van der Waals surface area contributed by atoms with E-state index in [1.807, 2.05) is 60.7 Å². The van der Waals surface area contributed by atoms with Crippen molar-refractivity contribution in [1.82, 2.24) is 0 Å². The molecule has 2 aromatic rings. The Balaban J connectivity index is 1.61. The van der Waals surface area contributed by atoms with Gasteiger partial charge < -0.3 is 10.0 Å². The lowest BCUT2D eigenvalue weighted by Crippen LogP contribution is -3.17. The minimum Gasteiger partial charge on any atom is -0.388 e. The summed E-state index contributed by atoms with van der Waals surface area (Å²) in [5.74, 6) is 0.231. The molecule has 0 aliphatic carbocycles. The van der Waals surface area contributed by atoms with Crippen LogP contribution in [0.2, 0.25) is 0 Å². The van der Waals surface area contributed by atoms with Crippen molar-refractivity contribution in [1.29, 1.82) is 0 Å². The van der Waals surface area contributed by atoms with Crippen LogP contribution in [0, 0.1) is 0 Å². The lowest BCUT2D eigenvalue weighted by Gasteiger charge is -2.37. The Bertz CT molecular complexity index is 671. The lowest BCUT2D eigenvalue weighted by molar-refractivity contribution is -0.936. The lowest BCUT2D eigenvalue weighted by atomic mass is 9.88. The average Bonchev–Trinajstić information content (AvgIpc) is 2.66. The zero-order valence-corrected chi connectivity index (χ0v) is 14.9. The van der Waals surface area contributed by atoms with Gasteiger partial charge in [0, 0.05) is 18.4 Å². The van der Waals surface area contributed by atoms with Crippen molar-refractivity contribution in [2.24, 2.45) is 0 Å². The maximum absolute atomic E-state index is 12.5. The number of likely N-dealkylation sites (tertiary alicyclic amines) is 1. The summed E-state index contributed by atoms with van der Waals surface area (Å²) in [6.45, 7) is 0. The number of hydrogen-bond acceptors (Lipinski definition) is 2. The highest BCUT2D eigenvalue weighted by Gasteiger charge is 2.34. The molecule has 2 aromatic carbocycles. The molecule has 1 saturated heterocycles. The zero-order valence-electron chi connectivity index (χ0n) is 14.9. The quantitative estimate of drug-likeness (QED) is 0.795. The van der Waals surface area contributed by atoms with Crippen LogP contribution < -0.4 is 4.90 Å². The van der Waals surface area contributed by atoms with Crippen molar-refractivity contribution in [3.05, 3.63) is 71.8 Å². The largest absolute Gasteiger partial charge is 0.388 e. The van der Waals surface area contributed by atoms with E-state index in [9.17, 15) is 9.90 Å². The molecule has 3 heteroatoms.